The molecule has 3 heteroatoms. The average molecular weight is 216 g/mol. The third kappa shape index (κ3) is 3.41. The summed E-state index contributed by atoms with van der Waals surface area (Å²) < 4.78 is 0. The van der Waals surface area contributed by atoms with Gasteiger partial charge in [-0.15, -0.1) is 6.42 Å². The van der Waals surface area contributed by atoms with Crippen LogP contribution in [0, 0.1) is 12.3 Å². The molecule has 0 aromatic heterocycles. The normalized spacial score (nSPS) is 12.1. The average Bonchev–Trinajstić information content (AvgIpc) is 2.27. The fourth-order valence-electron chi connectivity index (χ4n) is 1.65. The van der Waals surface area contributed by atoms with Gasteiger partial charge in [0.05, 0.1) is 6.54 Å². The first kappa shape index (κ1) is 12.3. The van der Waals surface area contributed by atoms with Crippen LogP contribution < -0.4 is 5.73 Å². The number of rotatable bonds is 5. The first-order valence-corrected chi connectivity index (χ1v) is 5.12. The minimum Gasteiger partial charge on any atom is -0.370 e. The van der Waals surface area contributed by atoms with Crippen LogP contribution >= 0.6 is 0 Å². The number of hydrogen-bond donors (Lipinski definition) is 1. The summed E-state index contributed by atoms with van der Waals surface area (Å²) in [7, 11) is 1.89. The first-order chi connectivity index (χ1) is 7.65. The number of terminal acetylenes is 1. The van der Waals surface area contributed by atoms with E-state index in [-0.39, 0.29) is 18.4 Å². The van der Waals surface area contributed by atoms with Gasteiger partial charge in [0.2, 0.25) is 5.91 Å². The first-order valence-electron chi connectivity index (χ1n) is 5.12. The summed E-state index contributed by atoms with van der Waals surface area (Å²) in [6.45, 7) is 0.493. The van der Waals surface area contributed by atoms with E-state index in [1.165, 1.54) is 0 Å². The molecule has 3 nitrogen and oxygen atoms in total. The van der Waals surface area contributed by atoms with Crippen molar-refractivity contribution in [2.45, 2.75) is 12.5 Å². The van der Waals surface area contributed by atoms with Crippen molar-refractivity contribution in [1.82, 2.24) is 4.90 Å². The zero-order valence-corrected chi connectivity index (χ0v) is 9.39. The van der Waals surface area contributed by atoms with Crippen molar-refractivity contribution in [3.05, 3.63) is 35.9 Å². The second-order valence-corrected chi connectivity index (χ2v) is 3.72. The number of nitrogens with zero attached hydrogens (tertiary/aromatic N) is 1. The van der Waals surface area contributed by atoms with Crippen LogP contribution in [0.5, 0.6) is 0 Å². The maximum atomic E-state index is 11.0. The van der Waals surface area contributed by atoms with Crippen LogP contribution in [0.3, 0.4) is 0 Å². The smallest absolute Gasteiger partial charge is 0.219 e. The molecule has 84 valence electrons. The topological polar surface area (TPSA) is 46.3 Å². The lowest BCUT2D eigenvalue weighted by atomic mass is 10.0. The summed E-state index contributed by atoms with van der Waals surface area (Å²) in [5.74, 6) is 2.24. The zero-order valence-electron chi connectivity index (χ0n) is 9.39. The van der Waals surface area contributed by atoms with Crippen molar-refractivity contribution < 1.29 is 4.79 Å². The molecule has 0 aliphatic rings. The van der Waals surface area contributed by atoms with Crippen LogP contribution in [0.4, 0.5) is 0 Å². The number of amides is 1. The third-order valence-corrected chi connectivity index (χ3v) is 2.45. The minimum atomic E-state index is -0.322. The molecular formula is C13H16N2O. The second-order valence-electron chi connectivity index (χ2n) is 3.72. The monoisotopic (exact) mass is 216 g/mol. The molecule has 16 heavy (non-hydrogen) atoms. The molecule has 0 aliphatic heterocycles. The van der Waals surface area contributed by atoms with E-state index in [9.17, 15) is 4.79 Å². The molecule has 0 saturated heterocycles. The molecule has 1 aromatic rings. The van der Waals surface area contributed by atoms with Gasteiger partial charge in [-0.3, -0.25) is 9.69 Å². The van der Waals surface area contributed by atoms with E-state index in [1.807, 2.05) is 42.3 Å². The van der Waals surface area contributed by atoms with E-state index in [1.54, 1.807) is 0 Å². The van der Waals surface area contributed by atoms with E-state index in [4.69, 9.17) is 12.2 Å². The molecule has 0 spiro atoms. The largest absolute Gasteiger partial charge is 0.370 e. The van der Waals surface area contributed by atoms with Crippen molar-refractivity contribution in [2.75, 3.05) is 13.6 Å². The van der Waals surface area contributed by atoms with Crippen LogP contribution in [0.1, 0.15) is 18.0 Å². The quantitative estimate of drug-likeness (QED) is 0.751. The minimum absolute atomic E-state index is 0.0465. The predicted octanol–water partition coefficient (Wildman–Crippen LogP) is 1.17. The van der Waals surface area contributed by atoms with Crippen LogP contribution in [0.2, 0.25) is 0 Å². The van der Waals surface area contributed by atoms with E-state index in [0.29, 0.717) is 6.54 Å². The number of primary amides is 1. The Balaban J connectivity index is 2.88. The van der Waals surface area contributed by atoms with Crippen molar-refractivity contribution in [3.63, 3.8) is 0 Å². The van der Waals surface area contributed by atoms with Gasteiger partial charge >= 0.3 is 0 Å². The van der Waals surface area contributed by atoms with Gasteiger partial charge in [0.25, 0.3) is 0 Å². The Labute approximate surface area is 96.2 Å². The maximum Gasteiger partial charge on any atom is 0.219 e. The SMILES string of the molecule is C#CCN(C)C(CC(N)=O)c1ccccc1. The summed E-state index contributed by atoms with van der Waals surface area (Å²) in [5, 5.41) is 0. The standard InChI is InChI=1S/C13H16N2O/c1-3-9-15(2)12(10-13(14)16)11-7-5-4-6-8-11/h1,4-8,12H,9-10H2,2H3,(H2,14,16). The van der Waals surface area contributed by atoms with Crippen molar-refractivity contribution >= 4 is 5.91 Å². The van der Waals surface area contributed by atoms with Crippen LogP contribution in [0.25, 0.3) is 0 Å². The highest BCUT2D eigenvalue weighted by Gasteiger charge is 2.18. The summed E-state index contributed by atoms with van der Waals surface area (Å²) in [6.07, 6.45) is 5.55. The molecule has 2 N–H and O–H groups in total. The Morgan fingerprint density at radius 1 is 1.50 bits per heavy atom. The Bertz CT molecular complexity index is 381. The summed E-state index contributed by atoms with van der Waals surface area (Å²) >= 11 is 0. The Morgan fingerprint density at radius 2 is 2.12 bits per heavy atom. The van der Waals surface area contributed by atoms with E-state index < -0.39 is 0 Å². The van der Waals surface area contributed by atoms with Crippen LogP contribution in [-0.4, -0.2) is 24.4 Å². The van der Waals surface area contributed by atoms with Crippen LogP contribution in [0.15, 0.2) is 30.3 Å². The van der Waals surface area contributed by atoms with Crippen molar-refractivity contribution in [1.29, 1.82) is 0 Å². The summed E-state index contributed by atoms with van der Waals surface area (Å²) in [4.78, 5) is 13.0. The van der Waals surface area contributed by atoms with Crippen molar-refractivity contribution in [2.24, 2.45) is 5.73 Å². The van der Waals surface area contributed by atoms with Gasteiger partial charge in [0.1, 0.15) is 0 Å². The Hall–Kier alpha value is -1.79. The summed E-state index contributed by atoms with van der Waals surface area (Å²) in [5.41, 5.74) is 6.30. The molecule has 1 rings (SSSR count). The molecule has 0 heterocycles. The van der Waals surface area contributed by atoms with Gasteiger partial charge in [0.15, 0.2) is 0 Å². The Morgan fingerprint density at radius 3 is 2.62 bits per heavy atom. The molecule has 1 atom stereocenters. The molecular weight excluding hydrogens is 200 g/mol. The molecule has 0 aliphatic carbocycles. The molecule has 0 saturated carbocycles. The molecule has 1 aromatic carbocycles. The van der Waals surface area contributed by atoms with E-state index in [2.05, 4.69) is 5.92 Å². The Kier molecular flexibility index (Phi) is 4.56. The predicted molar refractivity (Wildman–Crippen MR) is 64.5 cm³/mol. The van der Waals surface area contributed by atoms with Gasteiger partial charge in [-0.05, 0) is 12.6 Å². The van der Waals surface area contributed by atoms with Gasteiger partial charge in [0, 0.05) is 12.5 Å². The number of nitrogens with two attached hydrogens (primary N) is 1. The third-order valence-electron chi connectivity index (χ3n) is 2.45. The number of hydrogen-bond acceptors (Lipinski definition) is 2. The molecule has 0 fully saturated rings. The lowest BCUT2D eigenvalue weighted by molar-refractivity contribution is -0.119. The van der Waals surface area contributed by atoms with E-state index in [0.717, 1.165) is 5.56 Å². The zero-order chi connectivity index (χ0) is 12.0. The molecule has 1 unspecified atom stereocenters. The molecule has 0 bridgehead atoms. The maximum absolute atomic E-state index is 11.0. The highest BCUT2D eigenvalue weighted by molar-refractivity contribution is 5.74. The second kappa shape index (κ2) is 5.94. The lowest BCUT2D eigenvalue weighted by Crippen LogP contribution is -2.29. The van der Waals surface area contributed by atoms with Gasteiger partial charge in [-0.25, -0.2) is 0 Å². The van der Waals surface area contributed by atoms with Crippen molar-refractivity contribution in [3.8, 4) is 12.3 Å². The highest BCUT2D eigenvalue weighted by atomic mass is 16.1. The fourth-order valence-corrected chi connectivity index (χ4v) is 1.65. The molecule has 0 radical (unpaired) electrons. The molecule has 1 amide bonds. The van der Waals surface area contributed by atoms with Gasteiger partial charge in [-0.2, -0.15) is 0 Å². The van der Waals surface area contributed by atoms with Gasteiger partial charge < -0.3 is 5.73 Å². The van der Waals surface area contributed by atoms with Crippen LogP contribution in [-0.2, 0) is 4.79 Å². The number of carbonyl (C=O) groups excluding carboxylic acids is 1. The summed E-state index contributed by atoms with van der Waals surface area (Å²) in [6, 6.07) is 9.71. The number of benzene rings is 1. The van der Waals surface area contributed by atoms with E-state index >= 15 is 0 Å². The highest BCUT2D eigenvalue weighted by Crippen LogP contribution is 2.22. The lowest BCUT2D eigenvalue weighted by Gasteiger charge is -2.25. The number of carbonyl (C=O) groups is 1. The fraction of sp³-hybridized carbons (Fsp3) is 0.308. The van der Waals surface area contributed by atoms with Gasteiger partial charge in [-0.1, -0.05) is 36.3 Å².